The molecule has 1 aromatic heterocycles. The fourth-order valence-corrected chi connectivity index (χ4v) is 1.49. The molecule has 1 heterocycles. The second kappa shape index (κ2) is 6.70. The van der Waals surface area contributed by atoms with Gasteiger partial charge in [-0.3, -0.25) is 0 Å². The summed E-state index contributed by atoms with van der Waals surface area (Å²) in [6.45, 7) is 11.2. The van der Waals surface area contributed by atoms with E-state index in [0.717, 1.165) is 24.0 Å². The van der Waals surface area contributed by atoms with E-state index >= 15 is 0 Å². The molecule has 0 aromatic carbocycles. The lowest BCUT2D eigenvalue weighted by Gasteiger charge is -2.22. The molecule has 108 valence electrons. The normalized spacial score (nSPS) is 14.3. The van der Waals surface area contributed by atoms with Gasteiger partial charge in [0, 0.05) is 25.1 Å². The van der Waals surface area contributed by atoms with Gasteiger partial charge in [-0.1, -0.05) is 20.8 Å². The van der Waals surface area contributed by atoms with Gasteiger partial charge in [-0.05, 0) is 20.3 Å². The minimum absolute atomic E-state index is 0.269. The first-order valence-electron chi connectivity index (χ1n) is 6.97. The summed E-state index contributed by atoms with van der Waals surface area (Å²) in [7, 11) is 0. The van der Waals surface area contributed by atoms with Crippen LogP contribution in [0.3, 0.4) is 0 Å². The molecule has 1 unspecified atom stereocenters. The summed E-state index contributed by atoms with van der Waals surface area (Å²) in [6, 6.07) is 1.88. The topological polar surface area (TPSA) is 70.1 Å². The van der Waals surface area contributed by atoms with Gasteiger partial charge in [0.2, 0.25) is 0 Å². The van der Waals surface area contributed by atoms with Crippen molar-refractivity contribution in [2.75, 3.05) is 23.7 Å². The summed E-state index contributed by atoms with van der Waals surface area (Å²) in [4.78, 5) is 8.94. The van der Waals surface area contributed by atoms with Crippen molar-refractivity contribution in [3.63, 3.8) is 0 Å². The highest BCUT2D eigenvalue weighted by molar-refractivity contribution is 5.48. The van der Waals surface area contributed by atoms with Gasteiger partial charge < -0.3 is 15.7 Å². The predicted octanol–water partition coefficient (Wildman–Crippen LogP) is 2.60. The molecule has 1 rings (SSSR count). The van der Waals surface area contributed by atoms with Crippen LogP contribution in [-0.4, -0.2) is 33.8 Å². The first-order chi connectivity index (χ1) is 8.88. The molecular weight excluding hydrogens is 240 g/mol. The SMILES string of the molecule is CCNc1cc(NCC(C)(O)CC)nc(C(C)C)n1. The van der Waals surface area contributed by atoms with Crippen molar-refractivity contribution in [1.82, 2.24) is 9.97 Å². The lowest BCUT2D eigenvalue weighted by molar-refractivity contribution is 0.0696. The molecule has 5 heteroatoms. The molecule has 0 radical (unpaired) electrons. The Hall–Kier alpha value is -1.36. The van der Waals surface area contributed by atoms with E-state index in [1.54, 1.807) is 0 Å². The Morgan fingerprint density at radius 3 is 2.26 bits per heavy atom. The maximum Gasteiger partial charge on any atom is 0.135 e. The number of aromatic nitrogens is 2. The number of hydrogen-bond acceptors (Lipinski definition) is 5. The van der Waals surface area contributed by atoms with Gasteiger partial charge in [0.05, 0.1) is 5.60 Å². The van der Waals surface area contributed by atoms with Crippen LogP contribution in [0.1, 0.15) is 52.8 Å². The van der Waals surface area contributed by atoms with Gasteiger partial charge in [0.25, 0.3) is 0 Å². The molecule has 1 atom stereocenters. The zero-order valence-electron chi connectivity index (χ0n) is 12.6. The Bertz CT molecular complexity index is 404. The van der Waals surface area contributed by atoms with Crippen LogP contribution in [0.15, 0.2) is 6.07 Å². The van der Waals surface area contributed by atoms with Gasteiger partial charge in [0.1, 0.15) is 17.5 Å². The van der Waals surface area contributed by atoms with Crippen LogP contribution < -0.4 is 10.6 Å². The highest BCUT2D eigenvalue weighted by Crippen LogP contribution is 2.18. The minimum atomic E-state index is -0.721. The molecule has 19 heavy (non-hydrogen) atoms. The zero-order valence-corrected chi connectivity index (χ0v) is 12.6. The van der Waals surface area contributed by atoms with Crippen LogP contribution in [-0.2, 0) is 0 Å². The molecule has 0 aliphatic rings. The smallest absolute Gasteiger partial charge is 0.135 e. The first kappa shape index (κ1) is 15.7. The number of anilines is 2. The van der Waals surface area contributed by atoms with Crippen molar-refractivity contribution in [2.45, 2.75) is 52.6 Å². The van der Waals surface area contributed by atoms with Crippen LogP contribution >= 0.6 is 0 Å². The summed E-state index contributed by atoms with van der Waals surface area (Å²) in [5.41, 5.74) is -0.721. The Balaban J connectivity index is 2.87. The first-order valence-corrected chi connectivity index (χ1v) is 6.97. The summed E-state index contributed by atoms with van der Waals surface area (Å²) in [5.74, 6) is 2.64. The van der Waals surface area contributed by atoms with E-state index in [9.17, 15) is 5.11 Å². The second-order valence-electron chi connectivity index (χ2n) is 5.39. The van der Waals surface area contributed by atoms with Gasteiger partial charge in [-0.15, -0.1) is 0 Å². The molecule has 3 N–H and O–H groups in total. The molecule has 0 saturated heterocycles. The van der Waals surface area contributed by atoms with Crippen molar-refractivity contribution in [3.8, 4) is 0 Å². The minimum Gasteiger partial charge on any atom is -0.388 e. The standard InChI is InChI=1S/C14H26N4O/c1-6-14(5,19)9-16-12-8-11(15-7-2)17-13(18-12)10(3)4/h8,10,19H,6-7,9H2,1-5H3,(H2,15,16,17,18). The van der Waals surface area contributed by atoms with Crippen molar-refractivity contribution < 1.29 is 5.11 Å². The second-order valence-corrected chi connectivity index (χ2v) is 5.39. The van der Waals surface area contributed by atoms with Crippen LogP contribution in [0.4, 0.5) is 11.6 Å². The number of aliphatic hydroxyl groups is 1. The monoisotopic (exact) mass is 266 g/mol. The third kappa shape index (κ3) is 5.03. The molecule has 0 aliphatic heterocycles. The lowest BCUT2D eigenvalue weighted by atomic mass is 10.0. The maximum absolute atomic E-state index is 10.0. The predicted molar refractivity (Wildman–Crippen MR) is 79.7 cm³/mol. The van der Waals surface area contributed by atoms with Crippen molar-refractivity contribution in [2.24, 2.45) is 0 Å². The van der Waals surface area contributed by atoms with Gasteiger partial charge >= 0.3 is 0 Å². The average Bonchev–Trinajstić information content (AvgIpc) is 2.37. The van der Waals surface area contributed by atoms with Gasteiger partial charge in [-0.25, -0.2) is 9.97 Å². The van der Waals surface area contributed by atoms with E-state index < -0.39 is 5.60 Å². The molecule has 5 nitrogen and oxygen atoms in total. The molecule has 0 bridgehead atoms. The van der Waals surface area contributed by atoms with Crippen LogP contribution in [0.5, 0.6) is 0 Å². The van der Waals surface area contributed by atoms with Crippen LogP contribution in [0.25, 0.3) is 0 Å². The van der Waals surface area contributed by atoms with E-state index in [2.05, 4.69) is 34.4 Å². The van der Waals surface area contributed by atoms with Crippen LogP contribution in [0.2, 0.25) is 0 Å². The highest BCUT2D eigenvalue weighted by atomic mass is 16.3. The highest BCUT2D eigenvalue weighted by Gasteiger charge is 2.17. The molecular formula is C14H26N4O. The summed E-state index contributed by atoms with van der Waals surface area (Å²) in [5, 5.41) is 16.4. The van der Waals surface area contributed by atoms with Crippen molar-refractivity contribution in [1.29, 1.82) is 0 Å². The van der Waals surface area contributed by atoms with E-state index in [4.69, 9.17) is 0 Å². The summed E-state index contributed by atoms with van der Waals surface area (Å²) < 4.78 is 0. The molecule has 0 spiro atoms. The lowest BCUT2D eigenvalue weighted by Crippen LogP contribution is -2.32. The van der Waals surface area contributed by atoms with E-state index in [-0.39, 0.29) is 5.92 Å². The van der Waals surface area contributed by atoms with Gasteiger partial charge in [-0.2, -0.15) is 0 Å². The summed E-state index contributed by atoms with van der Waals surface area (Å²) in [6.07, 6.45) is 0.697. The summed E-state index contributed by atoms with van der Waals surface area (Å²) >= 11 is 0. The van der Waals surface area contributed by atoms with E-state index in [1.165, 1.54) is 0 Å². The van der Waals surface area contributed by atoms with Gasteiger partial charge in [0.15, 0.2) is 0 Å². The van der Waals surface area contributed by atoms with Crippen molar-refractivity contribution >= 4 is 11.6 Å². The zero-order chi connectivity index (χ0) is 14.5. The third-order valence-electron chi connectivity index (χ3n) is 3.03. The Morgan fingerprint density at radius 2 is 1.79 bits per heavy atom. The third-order valence-corrected chi connectivity index (χ3v) is 3.03. The Morgan fingerprint density at radius 1 is 1.21 bits per heavy atom. The number of hydrogen-bond donors (Lipinski definition) is 3. The Kier molecular flexibility index (Phi) is 5.54. The van der Waals surface area contributed by atoms with Crippen LogP contribution in [0, 0.1) is 0 Å². The Labute approximate surface area is 115 Å². The fourth-order valence-electron chi connectivity index (χ4n) is 1.49. The molecule has 1 aromatic rings. The molecule has 0 saturated carbocycles. The maximum atomic E-state index is 10.0. The quantitative estimate of drug-likeness (QED) is 0.707. The van der Waals surface area contributed by atoms with E-state index in [1.807, 2.05) is 26.8 Å². The molecule has 0 amide bonds. The molecule has 0 fully saturated rings. The average molecular weight is 266 g/mol. The van der Waals surface area contributed by atoms with Crippen molar-refractivity contribution in [3.05, 3.63) is 11.9 Å². The van der Waals surface area contributed by atoms with E-state index in [0.29, 0.717) is 13.0 Å². The molecule has 0 aliphatic carbocycles. The fraction of sp³-hybridized carbons (Fsp3) is 0.714. The number of nitrogens with one attached hydrogen (secondary N) is 2. The number of nitrogens with zero attached hydrogens (tertiary/aromatic N) is 2. The largest absolute Gasteiger partial charge is 0.388 e. The number of rotatable bonds is 7.